The zero-order valence-electron chi connectivity index (χ0n) is 12.3. The number of para-hydroxylation sites is 1. The summed E-state index contributed by atoms with van der Waals surface area (Å²) >= 11 is 0. The number of fused-ring (bicyclic) bond motifs is 2. The number of nitrogens with two attached hydrogens (primary N) is 1. The minimum atomic E-state index is -0.393. The van der Waals surface area contributed by atoms with Gasteiger partial charge in [0.05, 0.1) is 6.04 Å². The Morgan fingerprint density at radius 1 is 1.29 bits per heavy atom. The van der Waals surface area contributed by atoms with E-state index in [2.05, 4.69) is 18.2 Å². The van der Waals surface area contributed by atoms with Crippen LogP contribution in [-0.2, 0) is 14.9 Å². The van der Waals surface area contributed by atoms with Crippen LogP contribution < -0.4 is 10.6 Å². The van der Waals surface area contributed by atoms with Gasteiger partial charge in [-0.2, -0.15) is 0 Å². The van der Waals surface area contributed by atoms with E-state index < -0.39 is 6.04 Å². The van der Waals surface area contributed by atoms with Gasteiger partial charge in [-0.05, 0) is 43.2 Å². The van der Waals surface area contributed by atoms with E-state index >= 15 is 0 Å². The zero-order chi connectivity index (χ0) is 14.4. The van der Waals surface area contributed by atoms with Crippen molar-refractivity contribution in [2.45, 2.75) is 37.1 Å². The molecule has 112 valence electrons. The molecule has 1 aromatic carbocycles. The van der Waals surface area contributed by atoms with Crippen molar-refractivity contribution in [1.29, 1.82) is 0 Å². The first kappa shape index (κ1) is 13.3. The van der Waals surface area contributed by atoms with Gasteiger partial charge in [-0.1, -0.05) is 18.2 Å². The second-order valence-corrected chi connectivity index (χ2v) is 6.70. The van der Waals surface area contributed by atoms with Gasteiger partial charge in [-0.15, -0.1) is 0 Å². The van der Waals surface area contributed by atoms with Crippen molar-refractivity contribution in [2.24, 2.45) is 11.7 Å². The molecule has 1 amide bonds. The van der Waals surface area contributed by atoms with Crippen molar-refractivity contribution >= 4 is 11.6 Å². The molecule has 4 rings (SSSR count). The molecule has 0 bridgehead atoms. The molecule has 1 aromatic rings. The first-order valence-electron chi connectivity index (χ1n) is 7.95. The monoisotopic (exact) mass is 286 g/mol. The molecule has 1 atom stereocenters. The number of nitrogens with zero attached hydrogens (tertiary/aromatic N) is 1. The average molecular weight is 286 g/mol. The van der Waals surface area contributed by atoms with Crippen LogP contribution in [0.15, 0.2) is 24.3 Å². The maximum absolute atomic E-state index is 12.9. The van der Waals surface area contributed by atoms with Gasteiger partial charge in [0.1, 0.15) is 0 Å². The molecule has 2 aliphatic heterocycles. The number of hydrogen-bond acceptors (Lipinski definition) is 3. The van der Waals surface area contributed by atoms with Crippen molar-refractivity contribution < 1.29 is 9.53 Å². The van der Waals surface area contributed by atoms with Crippen LogP contribution in [0, 0.1) is 5.92 Å². The number of anilines is 1. The maximum Gasteiger partial charge on any atom is 0.244 e. The normalized spacial score (nSPS) is 24.9. The van der Waals surface area contributed by atoms with Gasteiger partial charge in [0.25, 0.3) is 0 Å². The van der Waals surface area contributed by atoms with Crippen molar-refractivity contribution in [3.05, 3.63) is 29.8 Å². The Kier molecular flexibility index (Phi) is 3.05. The lowest BCUT2D eigenvalue weighted by Gasteiger charge is -2.30. The van der Waals surface area contributed by atoms with Crippen LogP contribution in [0.4, 0.5) is 5.69 Å². The summed E-state index contributed by atoms with van der Waals surface area (Å²) in [6.07, 6.45) is 4.18. The third-order valence-electron chi connectivity index (χ3n) is 5.41. The summed E-state index contributed by atoms with van der Waals surface area (Å²) in [5.41, 5.74) is 8.96. The predicted molar refractivity (Wildman–Crippen MR) is 81.2 cm³/mol. The molecule has 2 heterocycles. The Balaban J connectivity index is 1.58. The van der Waals surface area contributed by atoms with Crippen LogP contribution in [-0.4, -0.2) is 31.7 Å². The van der Waals surface area contributed by atoms with Crippen LogP contribution >= 0.6 is 0 Å². The molecular weight excluding hydrogens is 264 g/mol. The highest BCUT2D eigenvalue weighted by Gasteiger charge is 2.53. The first-order chi connectivity index (χ1) is 10.2. The molecule has 4 heteroatoms. The van der Waals surface area contributed by atoms with Crippen LogP contribution in [0.25, 0.3) is 0 Å². The number of ether oxygens (including phenoxy) is 1. The van der Waals surface area contributed by atoms with E-state index in [-0.39, 0.29) is 17.2 Å². The second-order valence-electron chi connectivity index (χ2n) is 6.70. The van der Waals surface area contributed by atoms with Crippen LogP contribution in [0.2, 0.25) is 0 Å². The molecule has 4 nitrogen and oxygen atoms in total. The quantitative estimate of drug-likeness (QED) is 0.902. The highest BCUT2D eigenvalue weighted by Crippen LogP contribution is 2.56. The molecule has 2 fully saturated rings. The molecule has 0 aromatic heterocycles. The fraction of sp³-hybridized carbons (Fsp3) is 0.588. The van der Waals surface area contributed by atoms with Gasteiger partial charge in [0.2, 0.25) is 5.91 Å². The van der Waals surface area contributed by atoms with Gasteiger partial charge in [-0.25, -0.2) is 0 Å². The Labute approximate surface area is 125 Å². The average Bonchev–Trinajstić information content (AvgIpc) is 3.25. The molecular formula is C17H22N2O2. The fourth-order valence-electron chi connectivity index (χ4n) is 3.86. The first-order valence-corrected chi connectivity index (χ1v) is 7.95. The lowest BCUT2D eigenvalue weighted by atomic mass is 9.91. The molecule has 1 saturated carbocycles. The van der Waals surface area contributed by atoms with Gasteiger partial charge in [-0.3, -0.25) is 4.79 Å². The molecule has 3 aliphatic rings. The molecule has 0 radical (unpaired) electrons. The predicted octanol–water partition coefficient (Wildman–Crippen LogP) is 1.82. The van der Waals surface area contributed by atoms with Crippen LogP contribution in [0.3, 0.4) is 0 Å². The molecule has 1 unspecified atom stereocenters. The Bertz CT molecular complexity index is 562. The summed E-state index contributed by atoms with van der Waals surface area (Å²) in [6, 6.07) is 7.94. The van der Waals surface area contributed by atoms with E-state index in [0.29, 0.717) is 0 Å². The largest absolute Gasteiger partial charge is 0.381 e. The Morgan fingerprint density at radius 3 is 2.71 bits per heavy atom. The molecule has 1 aliphatic carbocycles. The van der Waals surface area contributed by atoms with Gasteiger partial charge >= 0.3 is 0 Å². The van der Waals surface area contributed by atoms with Crippen LogP contribution in [0.5, 0.6) is 0 Å². The number of benzene rings is 1. The summed E-state index contributed by atoms with van der Waals surface area (Å²) in [4.78, 5) is 14.8. The number of carbonyl (C=O) groups is 1. The van der Waals surface area contributed by atoms with E-state index in [1.165, 1.54) is 18.4 Å². The van der Waals surface area contributed by atoms with E-state index in [9.17, 15) is 4.79 Å². The summed E-state index contributed by atoms with van der Waals surface area (Å²) in [6.45, 7) is 2.28. The Hall–Kier alpha value is -1.39. The molecule has 1 saturated heterocycles. The van der Waals surface area contributed by atoms with Gasteiger partial charge in [0, 0.05) is 30.9 Å². The smallest absolute Gasteiger partial charge is 0.244 e. The highest BCUT2D eigenvalue weighted by molar-refractivity contribution is 6.00. The maximum atomic E-state index is 12.9. The third-order valence-corrected chi connectivity index (χ3v) is 5.41. The lowest BCUT2D eigenvalue weighted by Crippen LogP contribution is -2.49. The van der Waals surface area contributed by atoms with Crippen molar-refractivity contribution in [1.82, 2.24) is 0 Å². The second kappa shape index (κ2) is 4.82. The van der Waals surface area contributed by atoms with E-state index in [0.717, 1.165) is 38.3 Å². The number of hydrogen-bond donors (Lipinski definition) is 1. The number of amides is 1. The minimum absolute atomic E-state index is 0.0955. The molecule has 1 spiro atoms. The number of rotatable bonds is 2. The highest BCUT2D eigenvalue weighted by atomic mass is 16.5. The van der Waals surface area contributed by atoms with E-state index in [1.54, 1.807) is 0 Å². The van der Waals surface area contributed by atoms with E-state index in [4.69, 9.17) is 10.5 Å². The van der Waals surface area contributed by atoms with Gasteiger partial charge in [0.15, 0.2) is 0 Å². The number of carbonyl (C=O) groups excluding carboxylic acids is 1. The standard InChI is InChI=1S/C17H22N2O2/c18-15(12-5-9-21-10-6-12)16(20)19-11-17(7-8-17)13-3-1-2-4-14(13)19/h1-4,12,15H,5-11,18H2. The summed E-state index contributed by atoms with van der Waals surface area (Å²) in [5, 5.41) is 0. The van der Waals surface area contributed by atoms with Crippen molar-refractivity contribution in [3.63, 3.8) is 0 Å². The summed E-state index contributed by atoms with van der Waals surface area (Å²) in [7, 11) is 0. The van der Waals surface area contributed by atoms with Crippen molar-refractivity contribution in [3.8, 4) is 0 Å². The lowest BCUT2D eigenvalue weighted by molar-refractivity contribution is -0.121. The zero-order valence-corrected chi connectivity index (χ0v) is 12.3. The summed E-state index contributed by atoms with van der Waals surface area (Å²) in [5.74, 6) is 0.354. The molecule has 21 heavy (non-hydrogen) atoms. The van der Waals surface area contributed by atoms with Gasteiger partial charge < -0.3 is 15.4 Å². The summed E-state index contributed by atoms with van der Waals surface area (Å²) < 4.78 is 5.37. The van der Waals surface area contributed by atoms with E-state index in [1.807, 2.05) is 11.0 Å². The SMILES string of the molecule is NC(C(=O)N1CC2(CC2)c2ccccc21)C1CCOCC1. The van der Waals surface area contributed by atoms with Crippen LogP contribution in [0.1, 0.15) is 31.2 Å². The minimum Gasteiger partial charge on any atom is -0.381 e. The fourth-order valence-corrected chi connectivity index (χ4v) is 3.86. The Morgan fingerprint density at radius 2 is 2.00 bits per heavy atom. The topological polar surface area (TPSA) is 55.6 Å². The van der Waals surface area contributed by atoms with Crippen molar-refractivity contribution in [2.75, 3.05) is 24.7 Å². The third kappa shape index (κ3) is 2.09. The molecule has 2 N–H and O–H groups in total.